The predicted molar refractivity (Wildman–Crippen MR) is 81.3 cm³/mol. The van der Waals surface area contributed by atoms with Crippen LogP contribution in [0.1, 0.15) is 10.4 Å². The molecule has 1 fully saturated rings. The van der Waals surface area contributed by atoms with Gasteiger partial charge in [0, 0.05) is 4.88 Å². The zero-order chi connectivity index (χ0) is 14.3. The van der Waals surface area contributed by atoms with E-state index in [1.54, 1.807) is 15.9 Å². The summed E-state index contributed by atoms with van der Waals surface area (Å²) in [6.45, 7) is 6.09. The molecule has 1 saturated heterocycles. The molecule has 2 aromatic rings. The van der Waals surface area contributed by atoms with E-state index >= 15 is 0 Å². The third kappa shape index (κ3) is 2.35. The van der Waals surface area contributed by atoms with Gasteiger partial charge in [0.2, 0.25) is 0 Å². The third-order valence-electron chi connectivity index (χ3n) is 3.58. The van der Waals surface area contributed by atoms with Gasteiger partial charge in [-0.1, -0.05) is 0 Å². The molecule has 108 valence electrons. The Balaban J connectivity index is 2.08. The van der Waals surface area contributed by atoms with Crippen LogP contribution in [0.3, 0.4) is 0 Å². The van der Waals surface area contributed by atoms with Crippen molar-refractivity contribution in [2.45, 2.75) is 26.5 Å². The zero-order valence-corrected chi connectivity index (χ0v) is 13.0. The van der Waals surface area contributed by atoms with Crippen molar-refractivity contribution >= 4 is 33.8 Å². The number of aromatic nitrogens is 2. The molecule has 20 heavy (non-hydrogen) atoms. The minimum absolute atomic E-state index is 0.0419. The van der Waals surface area contributed by atoms with Crippen LogP contribution in [0.4, 0.5) is 0 Å². The van der Waals surface area contributed by atoms with Gasteiger partial charge in [0.15, 0.2) is 4.77 Å². The molecule has 1 N–H and O–H groups in total. The lowest BCUT2D eigenvalue weighted by Crippen LogP contribution is -2.36. The molecule has 1 aliphatic rings. The van der Waals surface area contributed by atoms with Gasteiger partial charge in [0.1, 0.15) is 4.83 Å². The third-order valence-corrected chi connectivity index (χ3v) is 5.03. The molecule has 1 atom stereocenters. The molecule has 7 heteroatoms. The van der Waals surface area contributed by atoms with Crippen LogP contribution in [-0.4, -0.2) is 35.5 Å². The van der Waals surface area contributed by atoms with E-state index in [2.05, 4.69) is 4.98 Å². The van der Waals surface area contributed by atoms with Gasteiger partial charge in [-0.05, 0) is 31.6 Å². The largest absolute Gasteiger partial charge is 0.376 e. The molecule has 0 amide bonds. The average Bonchev–Trinajstić information content (AvgIpc) is 2.71. The summed E-state index contributed by atoms with van der Waals surface area (Å²) in [4.78, 5) is 17.8. The number of hydrogen-bond donors (Lipinski definition) is 1. The highest BCUT2D eigenvalue weighted by atomic mass is 32.1. The minimum atomic E-state index is -0.117. The van der Waals surface area contributed by atoms with Gasteiger partial charge >= 0.3 is 0 Å². The second-order valence-electron chi connectivity index (χ2n) is 4.90. The summed E-state index contributed by atoms with van der Waals surface area (Å²) >= 11 is 6.88. The number of aryl methyl sites for hydroxylation is 2. The summed E-state index contributed by atoms with van der Waals surface area (Å²) < 4.78 is 13.0. The van der Waals surface area contributed by atoms with E-state index in [4.69, 9.17) is 21.7 Å². The zero-order valence-electron chi connectivity index (χ0n) is 11.4. The van der Waals surface area contributed by atoms with E-state index in [1.807, 2.05) is 13.8 Å². The Kier molecular flexibility index (Phi) is 3.76. The Labute approximate surface area is 125 Å². The number of nitrogens with one attached hydrogen (secondary N) is 1. The van der Waals surface area contributed by atoms with Crippen molar-refractivity contribution in [3.05, 3.63) is 25.6 Å². The number of thiophene rings is 1. The lowest BCUT2D eigenvalue weighted by molar-refractivity contribution is -0.0940. The maximum absolute atomic E-state index is 12.6. The molecule has 0 aliphatic carbocycles. The topological polar surface area (TPSA) is 56.2 Å². The van der Waals surface area contributed by atoms with Crippen molar-refractivity contribution < 1.29 is 9.47 Å². The second kappa shape index (κ2) is 5.40. The van der Waals surface area contributed by atoms with Gasteiger partial charge in [0.05, 0.1) is 37.9 Å². The Hall–Kier alpha value is -1.02. The first-order valence-electron chi connectivity index (χ1n) is 6.50. The SMILES string of the molecule is Cc1sc2[nH]c(=S)n(CC3COCCO3)c(=O)c2c1C. The van der Waals surface area contributed by atoms with E-state index in [9.17, 15) is 4.79 Å². The molecular formula is C13H16N2O3S2. The van der Waals surface area contributed by atoms with Gasteiger partial charge in [-0.3, -0.25) is 9.36 Å². The van der Waals surface area contributed by atoms with Gasteiger partial charge < -0.3 is 14.5 Å². The summed E-state index contributed by atoms with van der Waals surface area (Å²) in [5, 5.41) is 0.734. The number of aromatic amines is 1. The normalized spacial score (nSPS) is 19.6. The van der Waals surface area contributed by atoms with Crippen LogP contribution in [0.2, 0.25) is 0 Å². The van der Waals surface area contributed by atoms with Crippen LogP contribution in [0, 0.1) is 18.6 Å². The van der Waals surface area contributed by atoms with Gasteiger partial charge in [-0.15, -0.1) is 11.3 Å². The maximum Gasteiger partial charge on any atom is 0.263 e. The number of fused-ring (bicyclic) bond motifs is 1. The molecule has 0 saturated carbocycles. The molecule has 5 nitrogen and oxygen atoms in total. The van der Waals surface area contributed by atoms with Crippen LogP contribution in [0.25, 0.3) is 10.2 Å². The predicted octanol–water partition coefficient (Wildman–Crippen LogP) is 2.15. The minimum Gasteiger partial charge on any atom is -0.376 e. The number of nitrogens with zero attached hydrogens (tertiary/aromatic N) is 1. The van der Waals surface area contributed by atoms with E-state index in [1.165, 1.54) is 0 Å². The van der Waals surface area contributed by atoms with Crippen LogP contribution in [-0.2, 0) is 16.0 Å². The van der Waals surface area contributed by atoms with E-state index in [0.29, 0.717) is 31.1 Å². The van der Waals surface area contributed by atoms with Crippen molar-refractivity contribution in [1.29, 1.82) is 0 Å². The van der Waals surface area contributed by atoms with Crippen LogP contribution in [0.5, 0.6) is 0 Å². The molecule has 3 heterocycles. The van der Waals surface area contributed by atoms with Crippen molar-refractivity contribution in [1.82, 2.24) is 9.55 Å². The average molecular weight is 312 g/mol. The first-order valence-corrected chi connectivity index (χ1v) is 7.72. The quantitative estimate of drug-likeness (QED) is 0.863. The highest BCUT2D eigenvalue weighted by Gasteiger charge is 2.18. The molecule has 0 spiro atoms. The van der Waals surface area contributed by atoms with Crippen LogP contribution < -0.4 is 5.56 Å². The number of hydrogen-bond acceptors (Lipinski definition) is 5. The number of rotatable bonds is 2. The number of H-pyrrole nitrogens is 1. The summed E-state index contributed by atoms with van der Waals surface area (Å²) in [5.41, 5.74) is 0.982. The van der Waals surface area contributed by atoms with Gasteiger partial charge in [0.25, 0.3) is 5.56 Å². The first kappa shape index (κ1) is 13.9. The molecule has 0 aromatic carbocycles. The van der Waals surface area contributed by atoms with Crippen LogP contribution in [0.15, 0.2) is 4.79 Å². The number of ether oxygens (including phenoxy) is 2. The fraction of sp³-hybridized carbons (Fsp3) is 0.538. The van der Waals surface area contributed by atoms with E-state index in [-0.39, 0.29) is 11.7 Å². The monoisotopic (exact) mass is 312 g/mol. The summed E-state index contributed by atoms with van der Waals surface area (Å²) in [5.74, 6) is 0. The van der Waals surface area contributed by atoms with E-state index in [0.717, 1.165) is 20.7 Å². The first-order chi connectivity index (χ1) is 9.58. The lowest BCUT2D eigenvalue weighted by Gasteiger charge is -2.23. The molecule has 1 unspecified atom stereocenters. The fourth-order valence-electron chi connectivity index (χ4n) is 2.38. The second-order valence-corrected chi connectivity index (χ2v) is 6.51. The van der Waals surface area contributed by atoms with Gasteiger partial charge in [-0.25, -0.2) is 0 Å². The van der Waals surface area contributed by atoms with E-state index < -0.39 is 0 Å². The molecule has 0 radical (unpaired) electrons. The highest BCUT2D eigenvalue weighted by molar-refractivity contribution is 7.71. The standard InChI is InChI=1S/C13H16N2O3S2/c1-7-8(2)20-11-10(7)12(16)15(13(19)14-11)5-9-6-17-3-4-18-9/h9H,3-6H2,1-2H3,(H,14,19). The smallest absolute Gasteiger partial charge is 0.263 e. The molecular weight excluding hydrogens is 296 g/mol. The van der Waals surface area contributed by atoms with Crippen LogP contribution >= 0.6 is 23.6 Å². The van der Waals surface area contributed by atoms with Crippen molar-refractivity contribution in [2.75, 3.05) is 19.8 Å². The Morgan fingerprint density at radius 1 is 1.45 bits per heavy atom. The molecule has 2 aromatic heterocycles. The highest BCUT2D eigenvalue weighted by Crippen LogP contribution is 2.25. The lowest BCUT2D eigenvalue weighted by atomic mass is 10.2. The molecule has 0 bridgehead atoms. The Morgan fingerprint density at radius 3 is 2.95 bits per heavy atom. The molecule has 3 rings (SSSR count). The van der Waals surface area contributed by atoms with Gasteiger partial charge in [-0.2, -0.15) is 0 Å². The van der Waals surface area contributed by atoms with Crippen molar-refractivity contribution in [2.24, 2.45) is 0 Å². The van der Waals surface area contributed by atoms with Crippen molar-refractivity contribution in [3.63, 3.8) is 0 Å². The van der Waals surface area contributed by atoms with Crippen molar-refractivity contribution in [3.8, 4) is 0 Å². The fourth-order valence-corrected chi connectivity index (χ4v) is 3.75. The Bertz CT molecular complexity index is 753. The summed E-state index contributed by atoms with van der Waals surface area (Å²) in [6.07, 6.45) is -0.117. The summed E-state index contributed by atoms with van der Waals surface area (Å²) in [7, 11) is 0. The maximum atomic E-state index is 12.6. The summed E-state index contributed by atoms with van der Waals surface area (Å²) in [6, 6.07) is 0. The molecule has 1 aliphatic heterocycles. The Morgan fingerprint density at radius 2 is 2.25 bits per heavy atom.